The van der Waals surface area contributed by atoms with Gasteiger partial charge in [0.05, 0.1) is 45.1 Å². The van der Waals surface area contributed by atoms with Gasteiger partial charge in [0.25, 0.3) is 0 Å². The minimum absolute atomic E-state index is 0.203. The van der Waals surface area contributed by atoms with Gasteiger partial charge < -0.3 is 19.3 Å². The van der Waals surface area contributed by atoms with Crippen LogP contribution in [-0.4, -0.2) is 0 Å². The number of fused-ring (bicyclic) bond motifs is 9. The van der Waals surface area contributed by atoms with Crippen molar-refractivity contribution in [2.75, 3.05) is 14.7 Å². The molecule has 0 fully saturated rings. The minimum Gasteiger partial charge on any atom is -0.310 e. The predicted octanol–water partition coefficient (Wildman–Crippen LogP) is 15.6. The summed E-state index contributed by atoms with van der Waals surface area (Å²) in [4.78, 5) is 7.32. The van der Waals surface area contributed by atoms with Crippen LogP contribution in [0.25, 0.3) is 11.1 Å². The smallest absolute Gasteiger partial charge is 0.174 e. The summed E-state index contributed by atoms with van der Waals surface area (Å²) in [6.45, 7) is 14.0. The second kappa shape index (κ2) is 14.3. The summed E-state index contributed by atoms with van der Waals surface area (Å²) in [6.07, 6.45) is 0. The molecule has 9 aromatic carbocycles. The van der Waals surface area contributed by atoms with Crippen molar-refractivity contribution in [3.05, 3.63) is 240 Å². The number of nitrogens with zero attached hydrogens (tertiary/aromatic N) is 3. The van der Waals surface area contributed by atoms with Crippen LogP contribution < -0.4 is 30.6 Å². The average Bonchev–Trinajstić information content (AvgIpc) is 3.62. The molecule has 5 heteroatoms. The van der Waals surface area contributed by atoms with Crippen molar-refractivity contribution in [3.63, 3.8) is 0 Å². The molecular formula is C63H52N3OP. The lowest BCUT2D eigenvalue weighted by Gasteiger charge is -2.44. The zero-order valence-electron chi connectivity index (χ0n) is 39.3. The molecule has 4 aliphatic rings. The molecule has 0 aliphatic carbocycles. The van der Waals surface area contributed by atoms with E-state index in [9.17, 15) is 0 Å². The molecular weight excluding hydrogens is 846 g/mol. The van der Waals surface area contributed by atoms with Crippen molar-refractivity contribution in [1.82, 2.24) is 0 Å². The molecule has 0 saturated carbocycles. The SMILES string of the molecule is CC1(C)c2ccccc2N(c2ccc3c(c2)-c2cc(N4c5ccccc5C(C)(C)c5ccccc54)cc(N4c5ccccc5C(C)(C)c5ccccc54)c2P3(=O)c2ccccc2)c2ccccc21. The van der Waals surface area contributed by atoms with E-state index in [1.165, 1.54) is 33.4 Å². The second-order valence-corrected chi connectivity index (χ2v) is 23.2. The first-order valence-electron chi connectivity index (χ1n) is 23.9. The van der Waals surface area contributed by atoms with Crippen LogP contribution in [0.2, 0.25) is 0 Å². The number of benzene rings is 9. The third kappa shape index (κ3) is 5.41. The van der Waals surface area contributed by atoms with E-state index in [0.29, 0.717) is 0 Å². The number of hydrogen-bond acceptors (Lipinski definition) is 4. The van der Waals surface area contributed by atoms with Gasteiger partial charge in [-0.25, -0.2) is 0 Å². The molecule has 0 amide bonds. The van der Waals surface area contributed by atoms with Gasteiger partial charge in [0.15, 0.2) is 7.14 Å². The van der Waals surface area contributed by atoms with E-state index in [-0.39, 0.29) is 16.2 Å². The molecule has 4 heterocycles. The monoisotopic (exact) mass is 897 g/mol. The van der Waals surface area contributed by atoms with Crippen LogP contribution in [0.3, 0.4) is 0 Å². The number of hydrogen-bond donors (Lipinski definition) is 0. The predicted molar refractivity (Wildman–Crippen MR) is 285 cm³/mol. The van der Waals surface area contributed by atoms with E-state index < -0.39 is 7.14 Å². The minimum atomic E-state index is -3.57. The Morgan fingerprint density at radius 1 is 0.324 bits per heavy atom. The Bertz CT molecular complexity index is 3480. The molecule has 13 rings (SSSR count). The lowest BCUT2D eigenvalue weighted by molar-refractivity contribution is 0.593. The van der Waals surface area contributed by atoms with Crippen LogP contribution >= 0.6 is 7.14 Å². The van der Waals surface area contributed by atoms with Crippen LogP contribution in [0.1, 0.15) is 74.9 Å². The Labute approximate surface area is 400 Å². The molecule has 0 bridgehead atoms. The summed E-state index contributed by atoms with van der Waals surface area (Å²) in [6, 6.07) is 74.7. The molecule has 0 radical (unpaired) electrons. The largest absolute Gasteiger partial charge is 0.310 e. The Morgan fingerprint density at radius 3 is 1.07 bits per heavy atom. The van der Waals surface area contributed by atoms with Gasteiger partial charge in [-0.05, 0) is 111 Å². The Morgan fingerprint density at radius 2 is 0.662 bits per heavy atom. The van der Waals surface area contributed by atoms with Crippen molar-refractivity contribution in [1.29, 1.82) is 0 Å². The molecule has 0 spiro atoms. The average molecular weight is 898 g/mol. The first kappa shape index (κ1) is 40.8. The Kier molecular flexibility index (Phi) is 8.60. The molecule has 4 nitrogen and oxygen atoms in total. The van der Waals surface area contributed by atoms with Gasteiger partial charge in [0.2, 0.25) is 0 Å². The van der Waals surface area contributed by atoms with Gasteiger partial charge in [-0.15, -0.1) is 0 Å². The number of para-hydroxylation sites is 6. The van der Waals surface area contributed by atoms with Crippen molar-refractivity contribution in [2.45, 2.75) is 57.8 Å². The quantitative estimate of drug-likeness (QED) is 0.164. The maximum Gasteiger partial charge on any atom is 0.174 e. The van der Waals surface area contributed by atoms with Gasteiger partial charge >= 0.3 is 0 Å². The van der Waals surface area contributed by atoms with Gasteiger partial charge in [0.1, 0.15) is 0 Å². The summed E-state index contributed by atoms with van der Waals surface area (Å²) in [7, 11) is -3.57. The summed E-state index contributed by atoms with van der Waals surface area (Å²) in [5.41, 5.74) is 18.5. The number of rotatable bonds is 4. The van der Waals surface area contributed by atoms with Crippen LogP contribution in [0.4, 0.5) is 51.2 Å². The molecule has 1 atom stereocenters. The Hall–Kier alpha value is -7.39. The standard InChI is InChI=1S/C63H52N3OP/c1-61(2)46-24-10-16-30-52(46)64(53-31-17-11-25-47(53)61)41-36-37-59-44(38-41)45-39-42(65-54-32-18-12-26-48(54)62(3,4)49-27-13-19-33-55(49)65)40-58(60(45)68(59,67)43-22-8-7-9-23-43)66-56-34-20-14-28-50(56)63(5,6)51-29-15-21-35-57(51)66/h7-40H,1-6H3. The maximum atomic E-state index is 17.4. The van der Waals surface area contributed by atoms with Crippen molar-refractivity contribution < 1.29 is 4.57 Å². The van der Waals surface area contributed by atoms with Crippen LogP contribution in [0.5, 0.6) is 0 Å². The van der Waals surface area contributed by atoms with Crippen LogP contribution in [0, 0.1) is 0 Å². The lowest BCUT2D eigenvalue weighted by Crippen LogP contribution is -2.34. The molecule has 0 saturated heterocycles. The van der Waals surface area contributed by atoms with Gasteiger partial charge in [-0.2, -0.15) is 0 Å². The first-order valence-corrected chi connectivity index (χ1v) is 25.6. The molecule has 1 unspecified atom stereocenters. The number of anilines is 9. The zero-order valence-corrected chi connectivity index (χ0v) is 40.2. The maximum absolute atomic E-state index is 17.4. The van der Waals surface area contributed by atoms with Crippen LogP contribution in [0.15, 0.2) is 206 Å². The topological polar surface area (TPSA) is 26.8 Å². The van der Waals surface area contributed by atoms with E-state index >= 15 is 4.57 Å². The summed E-state index contributed by atoms with van der Waals surface area (Å²) >= 11 is 0. The van der Waals surface area contributed by atoms with E-state index in [1.807, 2.05) is 18.2 Å². The Balaban J connectivity index is 1.16. The second-order valence-electron chi connectivity index (χ2n) is 20.5. The highest BCUT2D eigenvalue weighted by Gasteiger charge is 2.48. The fourth-order valence-electron chi connectivity index (χ4n) is 12.4. The normalized spacial score (nSPS) is 18.2. The van der Waals surface area contributed by atoms with Crippen LogP contribution in [-0.2, 0) is 20.8 Å². The summed E-state index contributed by atoms with van der Waals surface area (Å²) in [5, 5.41) is 2.55. The third-order valence-electron chi connectivity index (χ3n) is 15.8. The highest BCUT2D eigenvalue weighted by atomic mass is 31.2. The molecule has 9 aromatic rings. The highest BCUT2D eigenvalue weighted by molar-refractivity contribution is 7.86. The third-order valence-corrected chi connectivity index (χ3v) is 19.0. The molecule has 68 heavy (non-hydrogen) atoms. The van der Waals surface area contributed by atoms with Crippen molar-refractivity contribution in [3.8, 4) is 11.1 Å². The van der Waals surface area contributed by atoms with E-state index in [4.69, 9.17) is 0 Å². The van der Waals surface area contributed by atoms with Gasteiger partial charge in [-0.1, -0.05) is 181 Å². The van der Waals surface area contributed by atoms with Crippen molar-refractivity contribution in [2.24, 2.45) is 0 Å². The summed E-state index contributed by atoms with van der Waals surface area (Å²) < 4.78 is 17.4. The summed E-state index contributed by atoms with van der Waals surface area (Å²) in [5.74, 6) is 0. The fourth-order valence-corrected chi connectivity index (χ4v) is 15.6. The van der Waals surface area contributed by atoms with E-state index in [0.717, 1.165) is 78.2 Å². The first-order chi connectivity index (χ1) is 32.9. The van der Waals surface area contributed by atoms with Gasteiger partial charge in [0, 0.05) is 38.2 Å². The highest BCUT2D eigenvalue weighted by Crippen LogP contribution is 2.62. The molecule has 4 aliphatic heterocycles. The molecule has 0 aromatic heterocycles. The lowest BCUT2D eigenvalue weighted by atomic mass is 9.73. The zero-order chi connectivity index (χ0) is 46.3. The fraction of sp³-hybridized carbons (Fsp3) is 0.143. The molecule has 330 valence electrons. The van der Waals surface area contributed by atoms with Crippen molar-refractivity contribution >= 4 is 74.2 Å². The molecule has 0 N–H and O–H groups in total. The van der Waals surface area contributed by atoms with E-state index in [2.05, 4.69) is 244 Å². The van der Waals surface area contributed by atoms with E-state index in [1.54, 1.807) is 0 Å². The van der Waals surface area contributed by atoms with Gasteiger partial charge in [-0.3, -0.25) is 0 Å².